The number of ether oxygens (including phenoxy) is 2. The third-order valence-electron chi connectivity index (χ3n) is 2.49. The average Bonchev–Trinajstić information content (AvgIpc) is 2.35. The molecular formula is C12H18N2O3. The van der Waals surface area contributed by atoms with Crippen molar-refractivity contribution in [3.8, 4) is 11.5 Å². The lowest BCUT2D eigenvalue weighted by molar-refractivity contribution is -0.120. The van der Waals surface area contributed by atoms with E-state index in [1.807, 2.05) is 12.1 Å². The van der Waals surface area contributed by atoms with E-state index in [1.165, 1.54) is 0 Å². The van der Waals surface area contributed by atoms with Crippen molar-refractivity contribution in [2.45, 2.75) is 6.92 Å². The van der Waals surface area contributed by atoms with Crippen molar-refractivity contribution in [1.82, 2.24) is 0 Å². The maximum absolute atomic E-state index is 10.9. The molecule has 0 bridgehead atoms. The molecule has 94 valence electrons. The molecular weight excluding hydrogens is 220 g/mol. The van der Waals surface area contributed by atoms with Gasteiger partial charge in [0.05, 0.1) is 25.8 Å². The molecule has 0 saturated carbocycles. The summed E-state index contributed by atoms with van der Waals surface area (Å²) in [5, 5.41) is 3.12. The van der Waals surface area contributed by atoms with Crippen LogP contribution in [0.5, 0.6) is 11.5 Å². The number of rotatable bonds is 6. The van der Waals surface area contributed by atoms with Crippen LogP contribution in [0.15, 0.2) is 18.2 Å². The van der Waals surface area contributed by atoms with Crippen molar-refractivity contribution in [1.29, 1.82) is 0 Å². The normalized spacial score (nSPS) is 11.7. The SMILES string of the molecule is COc1ccc(NCC(C)C(N)=O)c(OC)c1. The van der Waals surface area contributed by atoms with E-state index in [-0.39, 0.29) is 11.8 Å². The Morgan fingerprint density at radius 2 is 2.12 bits per heavy atom. The smallest absolute Gasteiger partial charge is 0.222 e. The number of anilines is 1. The first-order valence-corrected chi connectivity index (χ1v) is 5.33. The molecule has 0 aliphatic heterocycles. The standard InChI is InChI=1S/C12H18N2O3/c1-8(12(13)15)7-14-10-5-4-9(16-2)6-11(10)17-3/h4-6,8,14H,7H2,1-3H3,(H2,13,15). The van der Waals surface area contributed by atoms with Crippen molar-refractivity contribution < 1.29 is 14.3 Å². The predicted molar refractivity (Wildman–Crippen MR) is 66.4 cm³/mol. The van der Waals surface area contributed by atoms with Gasteiger partial charge in [0.1, 0.15) is 11.5 Å². The molecule has 1 rings (SSSR count). The van der Waals surface area contributed by atoms with Gasteiger partial charge in [0.15, 0.2) is 0 Å². The lowest BCUT2D eigenvalue weighted by atomic mass is 10.1. The molecule has 17 heavy (non-hydrogen) atoms. The molecule has 0 aliphatic carbocycles. The molecule has 1 aromatic carbocycles. The van der Waals surface area contributed by atoms with Gasteiger partial charge in [-0.1, -0.05) is 6.92 Å². The van der Waals surface area contributed by atoms with E-state index in [0.717, 1.165) is 11.4 Å². The molecule has 1 aromatic rings. The van der Waals surface area contributed by atoms with Crippen LogP contribution in [0.4, 0.5) is 5.69 Å². The summed E-state index contributed by atoms with van der Waals surface area (Å²) in [7, 11) is 3.18. The second-order valence-electron chi connectivity index (χ2n) is 3.75. The predicted octanol–water partition coefficient (Wildman–Crippen LogP) is 1.24. The number of carbonyl (C=O) groups is 1. The Kier molecular flexibility index (Phi) is 4.63. The number of amides is 1. The lowest BCUT2D eigenvalue weighted by Crippen LogP contribution is -2.26. The molecule has 5 heteroatoms. The van der Waals surface area contributed by atoms with E-state index < -0.39 is 0 Å². The van der Waals surface area contributed by atoms with E-state index in [2.05, 4.69) is 5.32 Å². The highest BCUT2D eigenvalue weighted by atomic mass is 16.5. The Hall–Kier alpha value is -1.91. The number of carbonyl (C=O) groups excluding carboxylic acids is 1. The summed E-state index contributed by atoms with van der Waals surface area (Å²) in [5.41, 5.74) is 5.99. The van der Waals surface area contributed by atoms with Crippen LogP contribution < -0.4 is 20.5 Å². The minimum atomic E-state index is -0.329. The molecule has 0 spiro atoms. The molecule has 0 aromatic heterocycles. The van der Waals surface area contributed by atoms with Crippen LogP contribution in [0.25, 0.3) is 0 Å². The monoisotopic (exact) mass is 238 g/mol. The first-order valence-electron chi connectivity index (χ1n) is 5.33. The Labute approximate surface area is 101 Å². The highest BCUT2D eigenvalue weighted by Crippen LogP contribution is 2.28. The molecule has 0 aliphatic rings. The molecule has 1 amide bonds. The van der Waals surface area contributed by atoms with E-state index in [9.17, 15) is 4.79 Å². The molecule has 5 nitrogen and oxygen atoms in total. The van der Waals surface area contributed by atoms with Crippen molar-refractivity contribution >= 4 is 11.6 Å². The highest BCUT2D eigenvalue weighted by Gasteiger charge is 2.10. The number of hydrogen-bond donors (Lipinski definition) is 2. The Morgan fingerprint density at radius 1 is 1.41 bits per heavy atom. The summed E-state index contributed by atoms with van der Waals surface area (Å²) in [5.74, 6) is 0.822. The zero-order valence-corrected chi connectivity index (χ0v) is 10.3. The number of primary amides is 1. The molecule has 1 atom stereocenters. The number of nitrogens with two attached hydrogens (primary N) is 1. The molecule has 0 fully saturated rings. The second-order valence-corrected chi connectivity index (χ2v) is 3.75. The van der Waals surface area contributed by atoms with Gasteiger partial charge in [0.25, 0.3) is 0 Å². The Balaban J connectivity index is 2.73. The van der Waals surface area contributed by atoms with Gasteiger partial charge < -0.3 is 20.5 Å². The maximum Gasteiger partial charge on any atom is 0.222 e. The zero-order chi connectivity index (χ0) is 12.8. The van der Waals surface area contributed by atoms with Crippen LogP contribution in [-0.4, -0.2) is 26.7 Å². The van der Waals surface area contributed by atoms with Gasteiger partial charge in [-0.05, 0) is 12.1 Å². The van der Waals surface area contributed by atoms with Crippen LogP contribution in [0, 0.1) is 5.92 Å². The van der Waals surface area contributed by atoms with Gasteiger partial charge in [-0.25, -0.2) is 0 Å². The number of nitrogens with one attached hydrogen (secondary N) is 1. The highest BCUT2D eigenvalue weighted by molar-refractivity contribution is 5.77. The van der Waals surface area contributed by atoms with Crippen LogP contribution in [0.2, 0.25) is 0 Å². The number of methoxy groups -OCH3 is 2. The third kappa shape index (κ3) is 3.55. The maximum atomic E-state index is 10.9. The van der Waals surface area contributed by atoms with Crippen molar-refractivity contribution in [2.24, 2.45) is 11.7 Å². The lowest BCUT2D eigenvalue weighted by Gasteiger charge is -2.14. The fourth-order valence-corrected chi connectivity index (χ4v) is 1.31. The molecule has 0 saturated heterocycles. The van der Waals surface area contributed by atoms with E-state index >= 15 is 0 Å². The van der Waals surface area contributed by atoms with E-state index in [4.69, 9.17) is 15.2 Å². The summed E-state index contributed by atoms with van der Waals surface area (Å²) >= 11 is 0. The van der Waals surface area contributed by atoms with Gasteiger partial charge in [-0.2, -0.15) is 0 Å². The van der Waals surface area contributed by atoms with E-state index in [0.29, 0.717) is 12.3 Å². The minimum Gasteiger partial charge on any atom is -0.497 e. The summed E-state index contributed by atoms with van der Waals surface area (Å²) in [6, 6.07) is 5.43. The van der Waals surface area contributed by atoms with Gasteiger partial charge in [-0.3, -0.25) is 4.79 Å². The molecule has 3 N–H and O–H groups in total. The van der Waals surface area contributed by atoms with Gasteiger partial charge >= 0.3 is 0 Å². The topological polar surface area (TPSA) is 73.6 Å². The fraction of sp³-hybridized carbons (Fsp3) is 0.417. The molecule has 0 radical (unpaired) electrons. The first-order chi connectivity index (χ1) is 8.08. The van der Waals surface area contributed by atoms with Gasteiger partial charge in [0.2, 0.25) is 5.91 Å². The molecule has 0 heterocycles. The van der Waals surface area contributed by atoms with Crippen LogP contribution >= 0.6 is 0 Å². The van der Waals surface area contributed by atoms with Crippen LogP contribution in [-0.2, 0) is 4.79 Å². The Morgan fingerprint density at radius 3 is 2.65 bits per heavy atom. The van der Waals surface area contributed by atoms with Crippen molar-refractivity contribution in [3.63, 3.8) is 0 Å². The Bertz CT molecular complexity index is 393. The number of benzene rings is 1. The van der Waals surface area contributed by atoms with Gasteiger partial charge in [-0.15, -0.1) is 0 Å². The fourth-order valence-electron chi connectivity index (χ4n) is 1.31. The molecule has 1 unspecified atom stereocenters. The summed E-state index contributed by atoms with van der Waals surface area (Å²) in [4.78, 5) is 10.9. The summed E-state index contributed by atoms with van der Waals surface area (Å²) < 4.78 is 10.3. The third-order valence-corrected chi connectivity index (χ3v) is 2.49. The summed E-state index contributed by atoms with van der Waals surface area (Å²) in [6.45, 7) is 2.24. The average molecular weight is 238 g/mol. The quantitative estimate of drug-likeness (QED) is 0.782. The zero-order valence-electron chi connectivity index (χ0n) is 10.3. The summed E-state index contributed by atoms with van der Waals surface area (Å²) in [6.07, 6.45) is 0. The largest absolute Gasteiger partial charge is 0.497 e. The van der Waals surface area contributed by atoms with Crippen LogP contribution in [0.3, 0.4) is 0 Å². The van der Waals surface area contributed by atoms with Crippen molar-refractivity contribution in [2.75, 3.05) is 26.1 Å². The first kappa shape index (κ1) is 13.2. The minimum absolute atomic E-state index is 0.234. The number of hydrogen-bond acceptors (Lipinski definition) is 4. The second kappa shape index (κ2) is 5.98. The van der Waals surface area contributed by atoms with E-state index in [1.54, 1.807) is 27.2 Å². The van der Waals surface area contributed by atoms with Crippen molar-refractivity contribution in [3.05, 3.63) is 18.2 Å². The van der Waals surface area contributed by atoms with Crippen LogP contribution in [0.1, 0.15) is 6.92 Å². The van der Waals surface area contributed by atoms with Gasteiger partial charge in [0, 0.05) is 12.6 Å².